The monoisotopic (exact) mass is 541 g/mol. The Labute approximate surface area is 230 Å². The molecule has 2 aliphatic heterocycles. The third kappa shape index (κ3) is 4.20. The maximum Gasteiger partial charge on any atom is 0.245 e. The number of aryl methyl sites for hydroxylation is 1. The number of thiazole rings is 1. The number of allylic oxidation sites excluding steroid dienone is 1. The van der Waals surface area contributed by atoms with Crippen molar-refractivity contribution < 1.29 is 13.9 Å². The van der Waals surface area contributed by atoms with Crippen molar-refractivity contribution in [2.75, 3.05) is 38.2 Å². The number of pyridine rings is 1. The molecule has 3 aliphatic rings. The topological polar surface area (TPSA) is 82.4 Å². The highest BCUT2D eigenvalue weighted by Gasteiger charge is 2.49. The molecule has 2 saturated heterocycles. The lowest BCUT2D eigenvalue weighted by atomic mass is 9.79. The minimum absolute atomic E-state index is 0.0366. The molecule has 0 saturated carbocycles. The average molecular weight is 542 g/mol. The summed E-state index contributed by atoms with van der Waals surface area (Å²) < 4.78 is 20.8. The first-order valence-corrected chi connectivity index (χ1v) is 13.8. The lowest BCUT2D eigenvalue weighted by Gasteiger charge is -2.47. The molecule has 0 unspecified atom stereocenters. The number of ether oxygens (including phenoxy) is 1. The molecule has 9 heteroatoms. The van der Waals surface area contributed by atoms with Crippen LogP contribution in [0.25, 0.3) is 22.8 Å². The van der Waals surface area contributed by atoms with E-state index in [9.17, 15) is 10.1 Å². The number of fused-ring (bicyclic) bond motifs is 1. The zero-order valence-electron chi connectivity index (χ0n) is 22.0. The van der Waals surface area contributed by atoms with E-state index in [2.05, 4.69) is 28.6 Å². The number of nitrogens with zero attached hydrogens (tertiary/aromatic N) is 5. The molecule has 1 aliphatic carbocycles. The highest BCUT2D eigenvalue weighted by atomic mass is 32.1. The molecule has 0 N–H and O–H groups in total. The number of methoxy groups -OCH3 is 1. The van der Waals surface area contributed by atoms with E-state index in [1.54, 1.807) is 35.5 Å². The van der Waals surface area contributed by atoms with Gasteiger partial charge < -0.3 is 14.5 Å². The van der Waals surface area contributed by atoms with Gasteiger partial charge in [-0.1, -0.05) is 6.58 Å². The molecular weight excluding hydrogens is 513 g/mol. The van der Waals surface area contributed by atoms with E-state index in [0.29, 0.717) is 60.9 Å². The molecule has 6 rings (SSSR count). The Morgan fingerprint density at radius 3 is 2.82 bits per heavy atom. The molecular formula is C30H28FN5O2S. The van der Waals surface area contributed by atoms with E-state index in [4.69, 9.17) is 9.72 Å². The number of amides is 1. The number of nitriles is 1. The van der Waals surface area contributed by atoms with Crippen LogP contribution in [0.3, 0.4) is 0 Å². The van der Waals surface area contributed by atoms with Gasteiger partial charge >= 0.3 is 0 Å². The van der Waals surface area contributed by atoms with E-state index >= 15 is 4.39 Å². The molecule has 0 radical (unpaired) electrons. The summed E-state index contributed by atoms with van der Waals surface area (Å²) >= 11 is 1.60. The van der Waals surface area contributed by atoms with E-state index in [1.165, 1.54) is 12.1 Å². The third-order valence-electron chi connectivity index (χ3n) is 8.13. The molecule has 7 nitrogen and oxygen atoms in total. The van der Waals surface area contributed by atoms with Gasteiger partial charge in [0.2, 0.25) is 5.91 Å². The van der Waals surface area contributed by atoms with Crippen molar-refractivity contribution in [3.63, 3.8) is 0 Å². The molecule has 2 aromatic heterocycles. The Balaban J connectivity index is 1.49. The van der Waals surface area contributed by atoms with Crippen molar-refractivity contribution in [1.82, 2.24) is 14.9 Å². The average Bonchev–Trinajstić information content (AvgIpc) is 3.58. The van der Waals surface area contributed by atoms with Crippen LogP contribution < -0.4 is 9.64 Å². The van der Waals surface area contributed by atoms with E-state index in [-0.39, 0.29) is 11.3 Å². The Kier molecular flexibility index (Phi) is 6.23. The summed E-state index contributed by atoms with van der Waals surface area (Å²) in [5, 5.41) is 10.5. The van der Waals surface area contributed by atoms with Crippen LogP contribution in [0.5, 0.6) is 5.75 Å². The smallest absolute Gasteiger partial charge is 0.245 e. The second kappa shape index (κ2) is 9.62. The van der Waals surface area contributed by atoms with E-state index in [1.807, 2.05) is 12.4 Å². The number of rotatable bonds is 5. The van der Waals surface area contributed by atoms with E-state index < -0.39 is 5.82 Å². The van der Waals surface area contributed by atoms with Crippen molar-refractivity contribution in [2.24, 2.45) is 5.41 Å². The van der Waals surface area contributed by atoms with Gasteiger partial charge in [-0.2, -0.15) is 5.26 Å². The lowest BCUT2D eigenvalue weighted by Crippen LogP contribution is -2.59. The first-order valence-electron chi connectivity index (χ1n) is 12.9. The summed E-state index contributed by atoms with van der Waals surface area (Å²) in [6.07, 6.45) is 5.70. The maximum absolute atomic E-state index is 15.4. The molecule has 0 atom stereocenters. The number of aromatic nitrogens is 2. The number of hydrogen-bond donors (Lipinski definition) is 0. The minimum atomic E-state index is -0.407. The van der Waals surface area contributed by atoms with Gasteiger partial charge in [0.15, 0.2) is 0 Å². The fraction of sp³-hybridized carbons (Fsp3) is 0.333. The number of carbonyl (C=O) groups is 1. The molecule has 2 fully saturated rings. The van der Waals surface area contributed by atoms with Crippen LogP contribution in [-0.2, 0) is 11.2 Å². The van der Waals surface area contributed by atoms with Crippen LogP contribution in [-0.4, -0.2) is 54.1 Å². The minimum Gasteiger partial charge on any atom is -0.497 e. The summed E-state index contributed by atoms with van der Waals surface area (Å²) in [5.41, 5.74) is 6.87. The normalized spacial score (nSPS) is 17.3. The Hall–Kier alpha value is -4.03. The number of halogens is 1. The number of carbonyl (C=O) groups excluding carboxylic acids is 1. The highest BCUT2D eigenvalue weighted by molar-refractivity contribution is 7.11. The van der Waals surface area contributed by atoms with Crippen LogP contribution in [0.2, 0.25) is 0 Å². The van der Waals surface area contributed by atoms with Crippen molar-refractivity contribution in [3.05, 3.63) is 69.6 Å². The number of anilines is 1. The predicted molar refractivity (Wildman–Crippen MR) is 150 cm³/mol. The number of likely N-dealkylation sites (tertiary alicyclic amines) is 1. The van der Waals surface area contributed by atoms with Gasteiger partial charge in [-0.15, -0.1) is 11.3 Å². The largest absolute Gasteiger partial charge is 0.497 e. The lowest BCUT2D eigenvalue weighted by molar-refractivity contribution is -0.136. The first kappa shape index (κ1) is 25.3. The van der Waals surface area contributed by atoms with Crippen LogP contribution in [0, 0.1) is 29.5 Å². The molecule has 198 valence electrons. The summed E-state index contributed by atoms with van der Waals surface area (Å²) in [4.78, 5) is 26.6. The molecule has 1 spiro atoms. The summed E-state index contributed by atoms with van der Waals surface area (Å²) in [7, 11) is 1.55. The molecule has 0 bridgehead atoms. The molecule has 1 amide bonds. The summed E-state index contributed by atoms with van der Waals surface area (Å²) in [6.45, 7) is 8.31. The van der Waals surface area contributed by atoms with Crippen LogP contribution >= 0.6 is 11.3 Å². The first-order chi connectivity index (χ1) is 18.9. The van der Waals surface area contributed by atoms with Crippen LogP contribution in [0.15, 0.2) is 36.4 Å². The van der Waals surface area contributed by atoms with Crippen molar-refractivity contribution in [3.8, 4) is 22.9 Å². The summed E-state index contributed by atoms with van der Waals surface area (Å²) in [6, 6.07) is 7.02. The van der Waals surface area contributed by atoms with Gasteiger partial charge in [-0.25, -0.2) is 14.4 Å². The second-order valence-electron chi connectivity index (χ2n) is 10.5. The molecule has 3 aromatic rings. The number of hydrogen-bond acceptors (Lipinski definition) is 7. The van der Waals surface area contributed by atoms with E-state index in [0.717, 1.165) is 40.2 Å². The van der Waals surface area contributed by atoms with Gasteiger partial charge in [0.05, 0.1) is 28.9 Å². The van der Waals surface area contributed by atoms with Gasteiger partial charge in [0.1, 0.15) is 29.0 Å². The Morgan fingerprint density at radius 1 is 1.31 bits per heavy atom. The van der Waals surface area contributed by atoms with Gasteiger partial charge in [0, 0.05) is 42.7 Å². The van der Waals surface area contributed by atoms with Crippen molar-refractivity contribution in [2.45, 2.75) is 26.2 Å². The van der Waals surface area contributed by atoms with Crippen LogP contribution in [0.1, 0.15) is 40.2 Å². The predicted octanol–water partition coefficient (Wildman–Crippen LogP) is 5.24. The SMILES string of the molecule is C=CC(=O)N1CC2(CCN(c3nc4c(c(-c5cc(OC)ccc5F)c3C#N)CCC(c3scnc3C)=C4)C2)C1. The fourth-order valence-corrected chi connectivity index (χ4v) is 7.02. The zero-order chi connectivity index (χ0) is 27.3. The van der Waals surface area contributed by atoms with Gasteiger partial charge in [-0.05, 0) is 67.7 Å². The van der Waals surface area contributed by atoms with Crippen molar-refractivity contribution in [1.29, 1.82) is 5.26 Å². The maximum atomic E-state index is 15.4. The van der Waals surface area contributed by atoms with Gasteiger partial charge in [0.25, 0.3) is 0 Å². The standard InChI is InChI=1S/C30H28FN5O2S/c1-4-26(37)36-15-30(16-36)9-10-35(14-30)29-23(13-32)27(22-12-20(38-3)6-8-24(22)31)21-7-5-19(11-25(21)34-29)28-18(2)33-17-39-28/h4,6,8,11-12,17H,1,5,7,9-10,14-16H2,2-3H3. The fourth-order valence-electron chi connectivity index (χ4n) is 6.16. The molecule has 4 heterocycles. The zero-order valence-corrected chi connectivity index (χ0v) is 22.8. The van der Waals surface area contributed by atoms with Crippen LogP contribution in [0.4, 0.5) is 10.2 Å². The van der Waals surface area contributed by atoms with Crippen molar-refractivity contribution >= 4 is 34.7 Å². The molecule has 1 aromatic carbocycles. The van der Waals surface area contributed by atoms with Gasteiger partial charge in [-0.3, -0.25) is 4.79 Å². The Morgan fingerprint density at radius 2 is 2.13 bits per heavy atom. The molecule has 39 heavy (non-hydrogen) atoms. The second-order valence-corrected chi connectivity index (χ2v) is 11.4. The third-order valence-corrected chi connectivity index (χ3v) is 9.14. The quantitative estimate of drug-likeness (QED) is 0.411. The highest BCUT2D eigenvalue weighted by Crippen LogP contribution is 2.46. The Bertz CT molecular complexity index is 1580. The summed E-state index contributed by atoms with van der Waals surface area (Å²) in [5.74, 6) is 0.624. The number of benzene rings is 1.